The predicted molar refractivity (Wildman–Crippen MR) is 85.3 cm³/mol. The zero-order valence-corrected chi connectivity index (χ0v) is 12.8. The second kappa shape index (κ2) is 5.47. The molecule has 3 aromatic rings. The average Bonchev–Trinajstić information content (AvgIpc) is 2.73. The van der Waals surface area contributed by atoms with Gasteiger partial charge in [0, 0.05) is 30.2 Å². The van der Waals surface area contributed by atoms with Gasteiger partial charge in [-0.1, -0.05) is 35.9 Å². The van der Waals surface area contributed by atoms with Crippen molar-refractivity contribution in [1.82, 2.24) is 14.8 Å². The summed E-state index contributed by atoms with van der Waals surface area (Å²) in [7, 11) is 1.84. The van der Waals surface area contributed by atoms with Gasteiger partial charge in [0.1, 0.15) is 5.15 Å². The van der Waals surface area contributed by atoms with E-state index in [0.717, 1.165) is 27.7 Å². The molecule has 0 spiro atoms. The Morgan fingerprint density at radius 3 is 2.76 bits per heavy atom. The normalized spacial score (nSPS) is 12.8. The van der Waals surface area contributed by atoms with Crippen LogP contribution in [0, 0.1) is 6.92 Å². The van der Waals surface area contributed by atoms with E-state index in [9.17, 15) is 0 Å². The minimum absolute atomic E-state index is 0.163. The van der Waals surface area contributed by atoms with E-state index >= 15 is 0 Å². The summed E-state index contributed by atoms with van der Waals surface area (Å²) in [6, 6.07) is 9.89. The van der Waals surface area contributed by atoms with Crippen molar-refractivity contribution in [3.8, 4) is 0 Å². The minimum Gasteiger partial charge on any atom is -0.324 e. The first-order chi connectivity index (χ1) is 10.1. The van der Waals surface area contributed by atoms with Crippen molar-refractivity contribution in [2.75, 3.05) is 0 Å². The van der Waals surface area contributed by atoms with Crippen molar-refractivity contribution < 1.29 is 0 Å². The van der Waals surface area contributed by atoms with E-state index in [4.69, 9.17) is 17.3 Å². The summed E-state index contributed by atoms with van der Waals surface area (Å²) in [5, 5.41) is 6.08. The number of hydrogen-bond donors (Lipinski definition) is 1. The molecular weight excluding hydrogens is 284 g/mol. The Hall–Kier alpha value is -1.91. The quantitative estimate of drug-likeness (QED) is 0.808. The van der Waals surface area contributed by atoms with Crippen LogP contribution in [0.25, 0.3) is 10.9 Å². The maximum atomic E-state index is 6.40. The van der Waals surface area contributed by atoms with Gasteiger partial charge in [0.05, 0.1) is 11.2 Å². The topological polar surface area (TPSA) is 56.7 Å². The third-order valence-electron chi connectivity index (χ3n) is 3.76. The monoisotopic (exact) mass is 300 g/mol. The molecule has 4 nitrogen and oxygen atoms in total. The van der Waals surface area contributed by atoms with Gasteiger partial charge < -0.3 is 5.73 Å². The lowest BCUT2D eigenvalue weighted by molar-refractivity contribution is 0.722. The molecule has 1 atom stereocenters. The van der Waals surface area contributed by atoms with Crippen molar-refractivity contribution in [3.05, 3.63) is 58.5 Å². The van der Waals surface area contributed by atoms with Crippen LogP contribution in [0.5, 0.6) is 0 Å². The highest BCUT2D eigenvalue weighted by atomic mass is 35.5. The molecule has 0 aliphatic heterocycles. The molecular formula is C16H17ClN4. The third kappa shape index (κ3) is 2.52. The van der Waals surface area contributed by atoms with Crippen LogP contribution >= 0.6 is 11.6 Å². The van der Waals surface area contributed by atoms with Gasteiger partial charge in [0.15, 0.2) is 0 Å². The maximum absolute atomic E-state index is 6.40. The highest BCUT2D eigenvalue weighted by molar-refractivity contribution is 6.30. The Kier molecular flexibility index (Phi) is 3.66. The van der Waals surface area contributed by atoms with Crippen molar-refractivity contribution in [2.45, 2.75) is 19.4 Å². The van der Waals surface area contributed by atoms with Crippen LogP contribution in [0.4, 0.5) is 0 Å². The Labute approximate surface area is 128 Å². The van der Waals surface area contributed by atoms with Gasteiger partial charge in [0.25, 0.3) is 0 Å². The number of fused-ring (bicyclic) bond motifs is 1. The smallest absolute Gasteiger partial charge is 0.130 e. The molecule has 0 amide bonds. The van der Waals surface area contributed by atoms with E-state index in [1.54, 1.807) is 10.9 Å². The highest BCUT2D eigenvalue weighted by Gasteiger charge is 2.17. The number of rotatable bonds is 3. The Morgan fingerprint density at radius 2 is 2.05 bits per heavy atom. The molecule has 21 heavy (non-hydrogen) atoms. The number of hydrogen-bond acceptors (Lipinski definition) is 3. The molecule has 0 aliphatic carbocycles. The number of pyridine rings is 1. The Balaban J connectivity index is 1.99. The van der Waals surface area contributed by atoms with Crippen LogP contribution in [0.15, 0.2) is 36.5 Å². The summed E-state index contributed by atoms with van der Waals surface area (Å²) >= 11 is 6.29. The molecule has 5 heteroatoms. The molecule has 2 aromatic heterocycles. The van der Waals surface area contributed by atoms with E-state index in [-0.39, 0.29) is 6.04 Å². The number of aryl methyl sites for hydroxylation is 2. The van der Waals surface area contributed by atoms with Gasteiger partial charge in [0.2, 0.25) is 0 Å². The SMILES string of the molecule is Cc1nn(C)c(Cl)c1CC(N)c1cccc2cccnc12. The Bertz CT molecular complexity index is 789. The van der Waals surface area contributed by atoms with Crippen LogP contribution in [0.2, 0.25) is 5.15 Å². The second-order valence-electron chi connectivity index (χ2n) is 5.21. The molecule has 0 saturated heterocycles. The fourth-order valence-corrected chi connectivity index (χ4v) is 2.91. The first-order valence-electron chi connectivity index (χ1n) is 6.85. The summed E-state index contributed by atoms with van der Waals surface area (Å²) < 4.78 is 1.68. The molecule has 2 heterocycles. The van der Waals surface area contributed by atoms with Gasteiger partial charge in [-0.15, -0.1) is 0 Å². The van der Waals surface area contributed by atoms with E-state index < -0.39 is 0 Å². The molecule has 0 bridgehead atoms. The first kappa shape index (κ1) is 14.0. The van der Waals surface area contributed by atoms with Crippen LogP contribution < -0.4 is 5.73 Å². The summed E-state index contributed by atoms with van der Waals surface area (Å²) in [5.74, 6) is 0. The Morgan fingerprint density at radius 1 is 1.29 bits per heavy atom. The zero-order valence-electron chi connectivity index (χ0n) is 12.0. The summed E-state index contributed by atoms with van der Waals surface area (Å²) in [6.07, 6.45) is 2.44. The second-order valence-corrected chi connectivity index (χ2v) is 5.57. The summed E-state index contributed by atoms with van der Waals surface area (Å²) in [6.45, 7) is 1.95. The maximum Gasteiger partial charge on any atom is 0.130 e. The number of nitrogens with two attached hydrogens (primary N) is 1. The average molecular weight is 301 g/mol. The largest absolute Gasteiger partial charge is 0.324 e. The summed E-state index contributed by atoms with van der Waals surface area (Å²) in [5.41, 5.74) is 10.3. The molecule has 0 aliphatic rings. The lowest BCUT2D eigenvalue weighted by atomic mass is 9.97. The van der Waals surface area contributed by atoms with Crippen LogP contribution in [0.3, 0.4) is 0 Å². The van der Waals surface area contributed by atoms with Crippen LogP contribution in [0.1, 0.15) is 22.9 Å². The molecule has 1 unspecified atom stereocenters. The third-order valence-corrected chi connectivity index (χ3v) is 4.23. The van der Waals surface area contributed by atoms with Crippen molar-refractivity contribution in [1.29, 1.82) is 0 Å². The van der Waals surface area contributed by atoms with Crippen molar-refractivity contribution >= 4 is 22.5 Å². The van der Waals surface area contributed by atoms with Gasteiger partial charge in [-0.3, -0.25) is 9.67 Å². The van der Waals surface area contributed by atoms with Gasteiger partial charge in [-0.05, 0) is 25.0 Å². The molecule has 108 valence electrons. The standard InChI is InChI=1S/C16H17ClN4/c1-10-13(16(17)21(2)20-10)9-14(18)12-7-3-5-11-6-4-8-19-15(11)12/h3-8,14H,9,18H2,1-2H3. The molecule has 1 aromatic carbocycles. The molecule has 0 saturated carbocycles. The zero-order chi connectivity index (χ0) is 15.0. The van der Waals surface area contributed by atoms with Gasteiger partial charge in [-0.25, -0.2) is 0 Å². The lowest BCUT2D eigenvalue weighted by Crippen LogP contribution is -2.14. The molecule has 2 N–H and O–H groups in total. The van der Waals surface area contributed by atoms with E-state index in [1.807, 2.05) is 44.3 Å². The van der Waals surface area contributed by atoms with E-state index in [0.29, 0.717) is 11.6 Å². The highest BCUT2D eigenvalue weighted by Crippen LogP contribution is 2.27. The minimum atomic E-state index is -0.163. The molecule has 0 radical (unpaired) electrons. The van der Waals surface area contributed by atoms with Crippen LogP contribution in [-0.4, -0.2) is 14.8 Å². The fourth-order valence-electron chi connectivity index (χ4n) is 2.66. The van der Waals surface area contributed by atoms with E-state index in [2.05, 4.69) is 10.1 Å². The van der Waals surface area contributed by atoms with Crippen LogP contribution in [-0.2, 0) is 13.5 Å². The molecule has 0 fully saturated rings. The number of halogens is 1. The number of aromatic nitrogens is 3. The number of nitrogens with zero attached hydrogens (tertiary/aromatic N) is 3. The fraction of sp³-hybridized carbons (Fsp3) is 0.250. The lowest BCUT2D eigenvalue weighted by Gasteiger charge is -2.14. The van der Waals surface area contributed by atoms with Crippen molar-refractivity contribution in [2.24, 2.45) is 12.8 Å². The first-order valence-corrected chi connectivity index (χ1v) is 7.23. The predicted octanol–water partition coefficient (Wildman–Crippen LogP) is 3.17. The van der Waals surface area contributed by atoms with Crippen molar-refractivity contribution in [3.63, 3.8) is 0 Å². The van der Waals surface area contributed by atoms with E-state index in [1.165, 1.54) is 0 Å². The number of para-hydroxylation sites is 1. The molecule has 3 rings (SSSR count). The summed E-state index contributed by atoms with van der Waals surface area (Å²) in [4.78, 5) is 4.46. The van der Waals surface area contributed by atoms with Gasteiger partial charge >= 0.3 is 0 Å². The van der Waals surface area contributed by atoms with Gasteiger partial charge in [-0.2, -0.15) is 5.10 Å². The number of benzene rings is 1.